The highest BCUT2D eigenvalue weighted by molar-refractivity contribution is 4.88. The maximum absolute atomic E-state index is 5.69. The lowest BCUT2D eigenvalue weighted by Crippen LogP contribution is -2.36. The summed E-state index contributed by atoms with van der Waals surface area (Å²) in [5.41, 5.74) is 0. The molecule has 2 fully saturated rings. The summed E-state index contributed by atoms with van der Waals surface area (Å²) < 4.78 is 10.7. The number of aryl methyl sites for hydroxylation is 1. The molecule has 20 heavy (non-hydrogen) atoms. The summed E-state index contributed by atoms with van der Waals surface area (Å²) in [6.07, 6.45) is 7.70. The summed E-state index contributed by atoms with van der Waals surface area (Å²) in [5.74, 6) is 2.26. The smallest absolute Gasteiger partial charge is 0.223 e. The Kier molecular flexibility index (Phi) is 4.68. The first-order valence-corrected chi connectivity index (χ1v) is 7.93. The summed E-state index contributed by atoms with van der Waals surface area (Å²) in [6.45, 7) is 6.42. The van der Waals surface area contributed by atoms with E-state index in [4.69, 9.17) is 9.26 Å². The molecule has 0 aromatic carbocycles. The number of nitrogens with zero attached hydrogens (tertiary/aromatic N) is 3. The molecule has 5 heteroatoms. The van der Waals surface area contributed by atoms with Crippen LogP contribution in [0.25, 0.3) is 0 Å². The van der Waals surface area contributed by atoms with E-state index in [0.29, 0.717) is 17.9 Å². The van der Waals surface area contributed by atoms with E-state index >= 15 is 0 Å². The molecule has 0 N–H and O–H groups in total. The second kappa shape index (κ2) is 6.68. The summed E-state index contributed by atoms with van der Waals surface area (Å²) >= 11 is 0. The minimum Gasteiger partial charge on any atom is -0.378 e. The fourth-order valence-corrected chi connectivity index (χ4v) is 3.30. The lowest BCUT2D eigenvalue weighted by Gasteiger charge is -2.32. The Hall–Kier alpha value is -0.940. The van der Waals surface area contributed by atoms with E-state index in [1.807, 2.05) is 6.92 Å². The number of hydrogen-bond donors (Lipinski definition) is 0. The molecule has 1 unspecified atom stereocenters. The minimum absolute atomic E-state index is 0.523. The molecule has 5 nitrogen and oxygen atoms in total. The van der Waals surface area contributed by atoms with Gasteiger partial charge in [0.15, 0.2) is 5.82 Å². The highest BCUT2D eigenvalue weighted by Gasteiger charge is 2.22. The van der Waals surface area contributed by atoms with Gasteiger partial charge >= 0.3 is 0 Å². The van der Waals surface area contributed by atoms with E-state index in [1.165, 1.54) is 51.7 Å². The molecule has 2 aliphatic heterocycles. The van der Waals surface area contributed by atoms with Gasteiger partial charge in [0.25, 0.3) is 0 Å². The number of rotatable bonds is 5. The number of piperidine rings is 1. The third-order valence-corrected chi connectivity index (χ3v) is 4.54. The number of likely N-dealkylation sites (tertiary alicyclic amines) is 1. The Balaban J connectivity index is 1.36. The Labute approximate surface area is 120 Å². The summed E-state index contributed by atoms with van der Waals surface area (Å²) in [5, 5.41) is 4.00. The Morgan fingerprint density at radius 3 is 2.75 bits per heavy atom. The molecule has 0 amide bonds. The van der Waals surface area contributed by atoms with Crippen LogP contribution in [0.3, 0.4) is 0 Å². The van der Waals surface area contributed by atoms with Gasteiger partial charge in [0.2, 0.25) is 5.89 Å². The fourth-order valence-electron chi connectivity index (χ4n) is 3.30. The molecule has 0 saturated carbocycles. The number of hydrogen-bond acceptors (Lipinski definition) is 5. The topological polar surface area (TPSA) is 51.4 Å². The zero-order chi connectivity index (χ0) is 13.8. The first-order valence-electron chi connectivity index (χ1n) is 7.93. The van der Waals surface area contributed by atoms with E-state index in [-0.39, 0.29) is 0 Å². The molecule has 2 saturated heterocycles. The van der Waals surface area contributed by atoms with Crippen molar-refractivity contribution < 1.29 is 9.26 Å². The molecule has 3 heterocycles. The van der Waals surface area contributed by atoms with Gasteiger partial charge < -0.3 is 14.2 Å². The van der Waals surface area contributed by atoms with Gasteiger partial charge in [-0.2, -0.15) is 4.98 Å². The average Bonchev–Trinajstić information content (AvgIpc) is 3.10. The van der Waals surface area contributed by atoms with Gasteiger partial charge in [0, 0.05) is 26.5 Å². The van der Waals surface area contributed by atoms with E-state index in [2.05, 4.69) is 15.0 Å². The maximum atomic E-state index is 5.69. The van der Waals surface area contributed by atoms with Crippen molar-refractivity contribution in [3.05, 3.63) is 11.7 Å². The SMILES string of the molecule is Cc1nc(CC2CCN(CCC3CCCO3)CC2)no1. The third kappa shape index (κ3) is 3.79. The second-order valence-electron chi connectivity index (χ2n) is 6.14. The monoisotopic (exact) mass is 279 g/mol. The summed E-state index contributed by atoms with van der Waals surface area (Å²) in [6, 6.07) is 0. The molecule has 3 rings (SSSR count). The predicted molar refractivity (Wildman–Crippen MR) is 75.5 cm³/mol. The van der Waals surface area contributed by atoms with E-state index in [1.54, 1.807) is 0 Å². The molecule has 2 aliphatic rings. The van der Waals surface area contributed by atoms with Crippen molar-refractivity contribution in [2.75, 3.05) is 26.2 Å². The Morgan fingerprint density at radius 2 is 2.10 bits per heavy atom. The van der Waals surface area contributed by atoms with Gasteiger partial charge in [-0.25, -0.2) is 0 Å². The average molecular weight is 279 g/mol. The van der Waals surface area contributed by atoms with Crippen molar-refractivity contribution in [1.29, 1.82) is 0 Å². The first-order chi connectivity index (χ1) is 9.79. The van der Waals surface area contributed by atoms with Crippen LogP contribution in [0, 0.1) is 12.8 Å². The maximum Gasteiger partial charge on any atom is 0.223 e. The van der Waals surface area contributed by atoms with Gasteiger partial charge in [-0.1, -0.05) is 5.16 Å². The van der Waals surface area contributed by atoms with Crippen LogP contribution < -0.4 is 0 Å². The largest absolute Gasteiger partial charge is 0.378 e. The quantitative estimate of drug-likeness (QED) is 0.827. The van der Waals surface area contributed by atoms with Crippen molar-refractivity contribution in [3.63, 3.8) is 0 Å². The van der Waals surface area contributed by atoms with Crippen molar-refractivity contribution in [2.24, 2.45) is 5.92 Å². The second-order valence-corrected chi connectivity index (χ2v) is 6.14. The van der Waals surface area contributed by atoms with Crippen molar-refractivity contribution >= 4 is 0 Å². The van der Waals surface area contributed by atoms with Crippen LogP contribution in [-0.2, 0) is 11.2 Å². The molecule has 0 radical (unpaired) electrons. The van der Waals surface area contributed by atoms with Crippen molar-refractivity contribution in [3.8, 4) is 0 Å². The third-order valence-electron chi connectivity index (χ3n) is 4.54. The minimum atomic E-state index is 0.523. The molecule has 112 valence electrons. The predicted octanol–water partition coefficient (Wildman–Crippen LogP) is 2.20. The number of ether oxygens (including phenoxy) is 1. The van der Waals surface area contributed by atoms with Crippen LogP contribution >= 0.6 is 0 Å². The zero-order valence-electron chi connectivity index (χ0n) is 12.4. The van der Waals surface area contributed by atoms with Crippen molar-refractivity contribution in [1.82, 2.24) is 15.0 Å². The lowest BCUT2D eigenvalue weighted by molar-refractivity contribution is 0.0849. The highest BCUT2D eigenvalue weighted by Crippen LogP contribution is 2.22. The molecule has 0 aliphatic carbocycles. The van der Waals surface area contributed by atoms with Gasteiger partial charge in [-0.05, 0) is 51.1 Å². The number of aromatic nitrogens is 2. The van der Waals surface area contributed by atoms with Crippen LogP contribution in [0.5, 0.6) is 0 Å². The van der Waals surface area contributed by atoms with Crippen LogP contribution in [-0.4, -0.2) is 47.4 Å². The van der Waals surface area contributed by atoms with Gasteiger partial charge in [0.1, 0.15) is 0 Å². The molecular weight excluding hydrogens is 254 g/mol. The molecule has 1 aromatic rings. The van der Waals surface area contributed by atoms with Crippen LogP contribution in [0.1, 0.15) is 43.8 Å². The van der Waals surface area contributed by atoms with Gasteiger partial charge in [-0.15, -0.1) is 0 Å². The zero-order valence-corrected chi connectivity index (χ0v) is 12.4. The van der Waals surface area contributed by atoms with E-state index < -0.39 is 0 Å². The molecule has 0 spiro atoms. The first kappa shape index (κ1) is 14.0. The molecule has 1 atom stereocenters. The Bertz CT molecular complexity index is 407. The summed E-state index contributed by atoms with van der Waals surface area (Å²) in [7, 11) is 0. The standard InChI is InChI=1S/C15H25N3O2/c1-12-16-15(17-20-12)11-13-4-7-18(8-5-13)9-6-14-3-2-10-19-14/h13-14H,2-11H2,1H3. The highest BCUT2D eigenvalue weighted by atomic mass is 16.5. The van der Waals surface area contributed by atoms with Gasteiger partial charge in [0.05, 0.1) is 6.10 Å². The normalized spacial score (nSPS) is 25.4. The van der Waals surface area contributed by atoms with Crippen LogP contribution in [0.4, 0.5) is 0 Å². The van der Waals surface area contributed by atoms with Crippen LogP contribution in [0.2, 0.25) is 0 Å². The van der Waals surface area contributed by atoms with E-state index in [9.17, 15) is 0 Å². The summed E-state index contributed by atoms with van der Waals surface area (Å²) in [4.78, 5) is 6.89. The molecule has 0 bridgehead atoms. The molecular formula is C15H25N3O2. The Morgan fingerprint density at radius 1 is 1.25 bits per heavy atom. The fraction of sp³-hybridized carbons (Fsp3) is 0.867. The van der Waals surface area contributed by atoms with Crippen LogP contribution in [0.15, 0.2) is 4.52 Å². The van der Waals surface area contributed by atoms with Gasteiger partial charge in [-0.3, -0.25) is 0 Å². The molecule has 1 aromatic heterocycles. The van der Waals surface area contributed by atoms with E-state index in [0.717, 1.165) is 18.9 Å². The van der Waals surface area contributed by atoms with Crippen molar-refractivity contribution in [2.45, 2.75) is 51.6 Å². The lowest BCUT2D eigenvalue weighted by atomic mass is 9.93.